The second-order valence-electron chi connectivity index (χ2n) is 4.38. The second-order valence-corrected chi connectivity index (χ2v) is 4.38. The molecule has 2 rings (SSSR count). The first kappa shape index (κ1) is 11.0. The maximum Gasteiger partial charge on any atom is 0.152 e. The standard InChI is InChI=1S/C13H19N3/c1-6-16-10(3)9(2)11-7-8-14-13(12(11)16)15(4)5/h7-8H,6H2,1-5H3. The quantitative estimate of drug-likeness (QED) is 0.771. The van der Waals surface area contributed by atoms with Gasteiger partial charge < -0.3 is 9.47 Å². The first-order chi connectivity index (χ1) is 7.57. The molecule has 0 aromatic carbocycles. The fourth-order valence-corrected chi connectivity index (χ4v) is 2.30. The normalized spacial score (nSPS) is 11.1. The Morgan fingerprint density at radius 1 is 1.31 bits per heavy atom. The van der Waals surface area contributed by atoms with Crippen LogP contribution in [0.15, 0.2) is 12.3 Å². The Labute approximate surface area is 96.7 Å². The number of aryl methyl sites for hydroxylation is 2. The van der Waals surface area contributed by atoms with Crippen molar-refractivity contribution in [3.63, 3.8) is 0 Å². The van der Waals surface area contributed by atoms with Crippen molar-refractivity contribution in [3.8, 4) is 0 Å². The van der Waals surface area contributed by atoms with Gasteiger partial charge in [0, 0.05) is 37.9 Å². The molecule has 3 heteroatoms. The highest BCUT2D eigenvalue weighted by molar-refractivity contribution is 5.93. The van der Waals surface area contributed by atoms with Gasteiger partial charge in [0.15, 0.2) is 5.82 Å². The van der Waals surface area contributed by atoms with Crippen LogP contribution in [0.1, 0.15) is 18.2 Å². The van der Waals surface area contributed by atoms with E-state index in [9.17, 15) is 0 Å². The first-order valence-corrected chi connectivity index (χ1v) is 5.69. The number of hydrogen-bond donors (Lipinski definition) is 0. The third-order valence-electron chi connectivity index (χ3n) is 3.27. The maximum atomic E-state index is 4.47. The van der Waals surface area contributed by atoms with Gasteiger partial charge in [-0.05, 0) is 32.4 Å². The molecule has 0 N–H and O–H groups in total. The smallest absolute Gasteiger partial charge is 0.152 e. The average molecular weight is 217 g/mol. The highest BCUT2D eigenvalue weighted by atomic mass is 15.2. The van der Waals surface area contributed by atoms with E-state index in [4.69, 9.17) is 0 Å². The second kappa shape index (κ2) is 3.81. The van der Waals surface area contributed by atoms with Gasteiger partial charge >= 0.3 is 0 Å². The van der Waals surface area contributed by atoms with E-state index in [0.29, 0.717) is 0 Å². The van der Waals surface area contributed by atoms with Gasteiger partial charge in [0.1, 0.15) is 0 Å². The van der Waals surface area contributed by atoms with Crippen LogP contribution in [0.5, 0.6) is 0 Å². The van der Waals surface area contributed by atoms with Crippen LogP contribution >= 0.6 is 0 Å². The first-order valence-electron chi connectivity index (χ1n) is 5.69. The van der Waals surface area contributed by atoms with E-state index in [0.717, 1.165) is 12.4 Å². The topological polar surface area (TPSA) is 21.1 Å². The molecule has 0 aliphatic rings. The fraction of sp³-hybridized carbons (Fsp3) is 0.462. The molecule has 0 amide bonds. The number of pyridine rings is 1. The van der Waals surface area contributed by atoms with Gasteiger partial charge in [0.05, 0.1) is 5.52 Å². The van der Waals surface area contributed by atoms with E-state index >= 15 is 0 Å². The number of rotatable bonds is 2. The van der Waals surface area contributed by atoms with Crippen LogP contribution < -0.4 is 4.90 Å². The largest absolute Gasteiger partial charge is 0.361 e. The molecule has 0 saturated carbocycles. The van der Waals surface area contributed by atoms with Gasteiger partial charge in [-0.1, -0.05) is 0 Å². The predicted molar refractivity (Wildman–Crippen MR) is 69.2 cm³/mol. The van der Waals surface area contributed by atoms with E-state index in [1.54, 1.807) is 0 Å². The lowest BCUT2D eigenvalue weighted by Gasteiger charge is -2.14. The Kier molecular flexibility index (Phi) is 2.62. The fourth-order valence-electron chi connectivity index (χ4n) is 2.30. The molecule has 0 radical (unpaired) electrons. The molecule has 3 nitrogen and oxygen atoms in total. The van der Waals surface area contributed by atoms with Gasteiger partial charge in [-0.3, -0.25) is 0 Å². The lowest BCUT2D eigenvalue weighted by molar-refractivity contribution is 0.764. The Morgan fingerprint density at radius 3 is 2.56 bits per heavy atom. The zero-order valence-corrected chi connectivity index (χ0v) is 10.7. The van der Waals surface area contributed by atoms with Gasteiger partial charge in [-0.15, -0.1) is 0 Å². The van der Waals surface area contributed by atoms with Crippen molar-refractivity contribution < 1.29 is 0 Å². The van der Waals surface area contributed by atoms with Crippen molar-refractivity contribution in [1.29, 1.82) is 0 Å². The van der Waals surface area contributed by atoms with Crippen molar-refractivity contribution in [1.82, 2.24) is 9.55 Å². The van der Waals surface area contributed by atoms with E-state index in [-0.39, 0.29) is 0 Å². The summed E-state index contributed by atoms with van der Waals surface area (Å²) < 4.78 is 2.34. The van der Waals surface area contributed by atoms with Gasteiger partial charge in [0.25, 0.3) is 0 Å². The Morgan fingerprint density at radius 2 is 2.00 bits per heavy atom. The molecule has 0 atom stereocenters. The Balaban J connectivity index is 2.90. The van der Waals surface area contributed by atoms with Crippen molar-refractivity contribution in [2.75, 3.05) is 19.0 Å². The molecule has 0 aliphatic heterocycles. The number of hydrogen-bond acceptors (Lipinski definition) is 2. The lowest BCUT2D eigenvalue weighted by atomic mass is 10.2. The van der Waals surface area contributed by atoms with Crippen molar-refractivity contribution in [2.45, 2.75) is 27.3 Å². The Bertz CT molecular complexity index is 523. The zero-order valence-electron chi connectivity index (χ0n) is 10.7. The SMILES string of the molecule is CCn1c(C)c(C)c2ccnc(N(C)C)c21. The monoisotopic (exact) mass is 217 g/mol. The summed E-state index contributed by atoms with van der Waals surface area (Å²) in [5, 5.41) is 1.32. The lowest BCUT2D eigenvalue weighted by Crippen LogP contribution is -2.12. The summed E-state index contributed by atoms with van der Waals surface area (Å²) in [7, 11) is 4.08. The van der Waals surface area contributed by atoms with E-state index in [2.05, 4.69) is 41.3 Å². The van der Waals surface area contributed by atoms with Crippen molar-refractivity contribution >= 4 is 16.7 Å². The van der Waals surface area contributed by atoms with Crippen LogP contribution in [0.3, 0.4) is 0 Å². The van der Waals surface area contributed by atoms with Crippen LogP contribution in [0.25, 0.3) is 10.9 Å². The summed E-state index contributed by atoms with van der Waals surface area (Å²) in [6.07, 6.45) is 1.89. The summed E-state index contributed by atoms with van der Waals surface area (Å²) in [5.41, 5.74) is 3.96. The number of anilines is 1. The van der Waals surface area contributed by atoms with Crippen molar-refractivity contribution in [3.05, 3.63) is 23.5 Å². The highest BCUT2D eigenvalue weighted by Crippen LogP contribution is 2.30. The molecule has 0 aliphatic carbocycles. The minimum absolute atomic E-state index is 0.989. The van der Waals surface area contributed by atoms with E-state index < -0.39 is 0 Å². The minimum Gasteiger partial charge on any atom is -0.361 e. The summed E-state index contributed by atoms with van der Waals surface area (Å²) in [4.78, 5) is 6.55. The molecule has 0 bridgehead atoms. The molecule has 86 valence electrons. The Hall–Kier alpha value is -1.51. The van der Waals surface area contributed by atoms with Crippen LogP contribution in [0.2, 0.25) is 0 Å². The van der Waals surface area contributed by atoms with Gasteiger partial charge in [0.2, 0.25) is 0 Å². The number of aromatic nitrogens is 2. The number of nitrogens with zero attached hydrogens (tertiary/aromatic N) is 3. The predicted octanol–water partition coefficient (Wildman–Crippen LogP) is 2.74. The molecule has 0 spiro atoms. The molecular weight excluding hydrogens is 198 g/mol. The van der Waals surface area contributed by atoms with Crippen LogP contribution in [0.4, 0.5) is 5.82 Å². The zero-order chi connectivity index (χ0) is 11.9. The molecule has 0 unspecified atom stereocenters. The summed E-state index contributed by atoms with van der Waals surface area (Å²) >= 11 is 0. The third kappa shape index (κ3) is 1.39. The third-order valence-corrected chi connectivity index (χ3v) is 3.27. The summed E-state index contributed by atoms with van der Waals surface area (Å²) in [6, 6.07) is 2.11. The molecule has 2 aromatic rings. The highest BCUT2D eigenvalue weighted by Gasteiger charge is 2.14. The number of fused-ring (bicyclic) bond motifs is 1. The van der Waals surface area contributed by atoms with Crippen LogP contribution in [0, 0.1) is 13.8 Å². The maximum absolute atomic E-state index is 4.47. The molecule has 16 heavy (non-hydrogen) atoms. The molecule has 2 aromatic heterocycles. The molecule has 0 fully saturated rings. The average Bonchev–Trinajstić information content (AvgIpc) is 2.51. The van der Waals surface area contributed by atoms with Crippen LogP contribution in [-0.4, -0.2) is 23.6 Å². The minimum atomic E-state index is 0.989. The van der Waals surface area contributed by atoms with Gasteiger partial charge in [-0.25, -0.2) is 4.98 Å². The van der Waals surface area contributed by atoms with E-state index in [1.807, 2.05) is 20.3 Å². The van der Waals surface area contributed by atoms with Gasteiger partial charge in [-0.2, -0.15) is 0 Å². The summed E-state index contributed by atoms with van der Waals surface area (Å²) in [5.74, 6) is 1.05. The van der Waals surface area contributed by atoms with E-state index in [1.165, 1.54) is 22.2 Å². The van der Waals surface area contributed by atoms with Crippen LogP contribution in [-0.2, 0) is 6.54 Å². The summed E-state index contributed by atoms with van der Waals surface area (Å²) in [6.45, 7) is 7.53. The molecule has 0 saturated heterocycles. The molecule has 2 heterocycles. The molecular formula is C13H19N3. The van der Waals surface area contributed by atoms with Crippen molar-refractivity contribution in [2.24, 2.45) is 0 Å².